The van der Waals surface area contributed by atoms with Gasteiger partial charge in [-0.2, -0.15) is 0 Å². The normalized spacial score (nSPS) is 12.6. The van der Waals surface area contributed by atoms with Gasteiger partial charge < -0.3 is 4.98 Å². The van der Waals surface area contributed by atoms with Crippen molar-refractivity contribution < 1.29 is 9.18 Å². The molecule has 2 heterocycles. The number of nitrogens with one attached hydrogen (secondary N) is 1. The van der Waals surface area contributed by atoms with Gasteiger partial charge in [-0.3, -0.25) is 14.3 Å². The van der Waals surface area contributed by atoms with Gasteiger partial charge in [-0.1, -0.05) is 36.9 Å². The third kappa shape index (κ3) is 4.20. The van der Waals surface area contributed by atoms with E-state index in [2.05, 4.69) is 28.2 Å². The Kier molecular flexibility index (Phi) is 6.43. The van der Waals surface area contributed by atoms with E-state index in [1.54, 1.807) is 18.3 Å². The molecule has 166 valence electrons. The minimum atomic E-state index is -0.306. The first-order valence-electron chi connectivity index (χ1n) is 10.5. The quantitative estimate of drug-likeness (QED) is 0.300. The Hall–Kier alpha value is -2.97. The van der Waals surface area contributed by atoms with Crippen LogP contribution < -0.4 is 0 Å². The fourth-order valence-electron chi connectivity index (χ4n) is 3.66. The Morgan fingerprint density at radius 1 is 1.19 bits per heavy atom. The van der Waals surface area contributed by atoms with E-state index >= 15 is 0 Å². The van der Waals surface area contributed by atoms with Crippen molar-refractivity contribution in [3.05, 3.63) is 71.4 Å². The van der Waals surface area contributed by atoms with Crippen molar-refractivity contribution in [3.63, 3.8) is 0 Å². The van der Waals surface area contributed by atoms with E-state index in [9.17, 15) is 9.18 Å². The van der Waals surface area contributed by atoms with Crippen LogP contribution in [0.25, 0.3) is 16.6 Å². The fraction of sp³-hybridized carbons (Fsp3) is 0.292. The van der Waals surface area contributed by atoms with Crippen LogP contribution in [0, 0.1) is 5.82 Å². The summed E-state index contributed by atoms with van der Waals surface area (Å²) in [5.41, 5.74) is 3.64. The topological polar surface area (TPSA) is 66.8 Å². The smallest absolute Gasteiger partial charge is 0.196 e. The molecule has 0 spiro atoms. The lowest BCUT2D eigenvalue weighted by Gasteiger charge is -2.20. The third-order valence-electron chi connectivity index (χ3n) is 5.71. The van der Waals surface area contributed by atoms with Crippen molar-refractivity contribution in [1.82, 2.24) is 24.6 Å². The van der Waals surface area contributed by atoms with Crippen molar-refractivity contribution in [2.45, 2.75) is 31.5 Å². The molecule has 0 saturated carbocycles. The molecule has 1 atom stereocenters. The van der Waals surface area contributed by atoms with Gasteiger partial charge >= 0.3 is 0 Å². The number of hydrogen-bond donors (Lipinski definition) is 1. The molecular weight excluding hydrogens is 425 g/mol. The Balaban J connectivity index is 1.63. The van der Waals surface area contributed by atoms with Crippen molar-refractivity contribution in [1.29, 1.82) is 0 Å². The third-order valence-corrected chi connectivity index (χ3v) is 6.64. The number of thioether (sulfide) groups is 1. The molecule has 0 fully saturated rings. The van der Waals surface area contributed by atoms with Crippen LogP contribution in [-0.2, 0) is 6.42 Å². The van der Waals surface area contributed by atoms with Gasteiger partial charge in [0.05, 0.1) is 11.8 Å². The van der Waals surface area contributed by atoms with Gasteiger partial charge in [-0.15, -0.1) is 10.2 Å². The summed E-state index contributed by atoms with van der Waals surface area (Å²) in [6, 6.07) is 12.2. The van der Waals surface area contributed by atoms with Crippen molar-refractivity contribution >= 4 is 28.4 Å². The van der Waals surface area contributed by atoms with E-state index in [-0.39, 0.29) is 23.4 Å². The van der Waals surface area contributed by atoms with Gasteiger partial charge in [-0.05, 0) is 57.3 Å². The van der Waals surface area contributed by atoms with Crippen LogP contribution in [0.1, 0.15) is 41.6 Å². The SMILES string of the molecule is CCc1cccc2c(C(=O)CSc3nnc([C@H](C)N(C)C)n3-c3ccc(F)cc3)c[nH]c12. The van der Waals surface area contributed by atoms with Crippen molar-refractivity contribution in [2.75, 3.05) is 19.8 Å². The number of aryl methyl sites for hydroxylation is 1. The van der Waals surface area contributed by atoms with Crippen LogP contribution >= 0.6 is 11.8 Å². The number of carbonyl (C=O) groups is 1. The minimum Gasteiger partial charge on any atom is -0.360 e. The van der Waals surface area contributed by atoms with Gasteiger partial charge in [0.15, 0.2) is 16.8 Å². The van der Waals surface area contributed by atoms with Crippen LogP contribution in [0.4, 0.5) is 4.39 Å². The first-order valence-corrected chi connectivity index (χ1v) is 11.5. The number of hydrogen-bond acceptors (Lipinski definition) is 5. The molecular formula is C24H26FN5OS. The van der Waals surface area contributed by atoms with Crippen LogP contribution in [0.15, 0.2) is 53.8 Å². The molecule has 0 unspecified atom stereocenters. The molecule has 4 aromatic rings. The van der Waals surface area contributed by atoms with Crippen molar-refractivity contribution in [2.24, 2.45) is 0 Å². The number of benzene rings is 2. The Bertz CT molecular complexity index is 1250. The number of carbonyl (C=O) groups excluding carboxylic acids is 1. The summed E-state index contributed by atoms with van der Waals surface area (Å²) in [7, 11) is 3.93. The first kappa shape index (κ1) is 22.2. The number of nitrogens with zero attached hydrogens (tertiary/aromatic N) is 4. The monoisotopic (exact) mass is 451 g/mol. The van der Waals surface area contributed by atoms with E-state index in [0.29, 0.717) is 10.7 Å². The largest absolute Gasteiger partial charge is 0.360 e. The minimum absolute atomic E-state index is 0.0151. The molecule has 8 heteroatoms. The molecule has 32 heavy (non-hydrogen) atoms. The predicted octanol–water partition coefficient (Wildman–Crippen LogP) is 5.05. The maximum absolute atomic E-state index is 13.5. The van der Waals surface area contributed by atoms with Crippen molar-refractivity contribution in [3.8, 4) is 5.69 Å². The molecule has 0 aliphatic carbocycles. The number of para-hydroxylation sites is 1. The number of aromatic nitrogens is 4. The maximum Gasteiger partial charge on any atom is 0.196 e. The highest BCUT2D eigenvalue weighted by Crippen LogP contribution is 2.29. The second kappa shape index (κ2) is 9.26. The van der Waals surface area contributed by atoms with E-state index in [4.69, 9.17) is 0 Å². The van der Waals surface area contributed by atoms with E-state index in [0.717, 1.165) is 28.8 Å². The summed E-state index contributed by atoms with van der Waals surface area (Å²) in [5, 5.41) is 10.3. The van der Waals surface area contributed by atoms with E-state index < -0.39 is 0 Å². The van der Waals surface area contributed by atoms with Crippen LogP contribution in [0.2, 0.25) is 0 Å². The maximum atomic E-state index is 13.5. The Morgan fingerprint density at radius 2 is 1.94 bits per heavy atom. The summed E-state index contributed by atoms with van der Waals surface area (Å²) < 4.78 is 15.4. The summed E-state index contributed by atoms with van der Waals surface area (Å²) in [4.78, 5) is 18.4. The average molecular weight is 452 g/mol. The van der Waals surface area contributed by atoms with Crippen LogP contribution in [0.5, 0.6) is 0 Å². The zero-order valence-corrected chi connectivity index (χ0v) is 19.4. The predicted molar refractivity (Wildman–Crippen MR) is 126 cm³/mol. The number of halogens is 1. The fourth-order valence-corrected chi connectivity index (χ4v) is 4.50. The zero-order chi connectivity index (χ0) is 22.8. The van der Waals surface area contributed by atoms with E-state index in [1.807, 2.05) is 42.6 Å². The summed E-state index contributed by atoms with van der Waals surface area (Å²) in [6.45, 7) is 4.13. The number of Topliss-reactive ketones (excluding diaryl/α,β-unsaturated/α-hetero) is 1. The molecule has 6 nitrogen and oxygen atoms in total. The van der Waals surface area contributed by atoms with Crippen LogP contribution in [-0.4, -0.2) is 50.3 Å². The first-order chi connectivity index (χ1) is 15.4. The number of ketones is 1. The molecule has 2 aromatic heterocycles. The average Bonchev–Trinajstić information content (AvgIpc) is 3.41. The standard InChI is InChI=1S/C24H26FN5OS/c1-5-16-7-6-8-19-20(13-26-22(16)19)21(31)14-32-24-28-27-23(15(2)29(3)4)30(24)18-11-9-17(25)10-12-18/h6-13,15,26H,5,14H2,1-4H3/t15-/m0/s1. The molecule has 4 rings (SSSR count). The molecule has 0 bridgehead atoms. The highest BCUT2D eigenvalue weighted by molar-refractivity contribution is 7.99. The summed E-state index contributed by atoms with van der Waals surface area (Å²) >= 11 is 1.33. The van der Waals surface area contributed by atoms with E-state index in [1.165, 1.54) is 29.5 Å². The number of H-pyrrole nitrogens is 1. The molecule has 0 aliphatic rings. The molecule has 0 saturated heterocycles. The number of aromatic amines is 1. The lowest BCUT2D eigenvalue weighted by atomic mass is 10.1. The molecule has 0 aliphatic heterocycles. The van der Waals surface area contributed by atoms with Gasteiger partial charge in [0, 0.05) is 28.4 Å². The highest BCUT2D eigenvalue weighted by Gasteiger charge is 2.22. The van der Waals surface area contributed by atoms with Gasteiger partial charge in [-0.25, -0.2) is 4.39 Å². The van der Waals surface area contributed by atoms with Crippen LogP contribution in [0.3, 0.4) is 0 Å². The second-order valence-electron chi connectivity index (χ2n) is 7.90. The number of fused-ring (bicyclic) bond motifs is 1. The highest BCUT2D eigenvalue weighted by atomic mass is 32.2. The number of rotatable bonds is 8. The molecule has 1 N–H and O–H groups in total. The Labute approximate surface area is 190 Å². The van der Waals surface area contributed by atoms with Gasteiger partial charge in [0.25, 0.3) is 0 Å². The van der Waals surface area contributed by atoms with Gasteiger partial charge in [0.2, 0.25) is 0 Å². The van der Waals surface area contributed by atoms with Gasteiger partial charge in [0.1, 0.15) is 5.82 Å². The zero-order valence-electron chi connectivity index (χ0n) is 18.6. The lowest BCUT2D eigenvalue weighted by Crippen LogP contribution is -2.20. The lowest BCUT2D eigenvalue weighted by molar-refractivity contribution is 0.102. The molecule has 2 aromatic carbocycles. The second-order valence-corrected chi connectivity index (χ2v) is 8.84. The molecule has 0 amide bonds. The summed E-state index contributed by atoms with van der Waals surface area (Å²) in [6.07, 6.45) is 2.69. The Morgan fingerprint density at radius 3 is 2.62 bits per heavy atom. The summed E-state index contributed by atoms with van der Waals surface area (Å²) in [5.74, 6) is 0.666. The molecule has 0 radical (unpaired) electrons.